The number of hydrogen-bond donors (Lipinski definition) is 2. The molecule has 7 heteroatoms. The molecule has 0 aliphatic rings. The van der Waals surface area contributed by atoms with Crippen LogP contribution in [0.15, 0.2) is 36.4 Å². The molecule has 0 saturated carbocycles. The van der Waals surface area contributed by atoms with Crippen molar-refractivity contribution in [2.24, 2.45) is 0 Å². The number of anilines is 3. The van der Waals surface area contributed by atoms with E-state index in [0.29, 0.717) is 18.1 Å². The molecule has 1 heterocycles. The number of nitrogens with zero attached hydrogens (tertiary/aromatic N) is 2. The van der Waals surface area contributed by atoms with Gasteiger partial charge in [-0.1, -0.05) is 12.1 Å². The Morgan fingerprint density at radius 3 is 2.81 bits per heavy atom. The van der Waals surface area contributed by atoms with Crippen LogP contribution in [0.2, 0.25) is 0 Å². The van der Waals surface area contributed by atoms with E-state index in [-0.39, 0.29) is 11.5 Å². The molecule has 7 nitrogen and oxygen atoms in total. The Balaban J connectivity index is 2.33. The summed E-state index contributed by atoms with van der Waals surface area (Å²) in [5.74, 6) is 0.748. The van der Waals surface area contributed by atoms with E-state index in [1.807, 2.05) is 24.3 Å². The van der Waals surface area contributed by atoms with Gasteiger partial charge in [0.2, 0.25) is 5.82 Å². The van der Waals surface area contributed by atoms with E-state index in [9.17, 15) is 10.1 Å². The smallest absolute Gasteiger partial charge is 0.311 e. The lowest BCUT2D eigenvalue weighted by Crippen LogP contribution is -2.02. The molecule has 1 aromatic heterocycles. The lowest BCUT2D eigenvalue weighted by Gasteiger charge is -2.09. The van der Waals surface area contributed by atoms with Gasteiger partial charge in [0.15, 0.2) is 0 Å². The summed E-state index contributed by atoms with van der Waals surface area (Å²) in [5.41, 5.74) is 1.61. The minimum absolute atomic E-state index is 0.0776. The van der Waals surface area contributed by atoms with Gasteiger partial charge in [-0.05, 0) is 23.8 Å². The predicted molar refractivity (Wildman–Crippen MR) is 80.9 cm³/mol. The van der Waals surface area contributed by atoms with Crippen LogP contribution >= 0.6 is 0 Å². The second kappa shape index (κ2) is 6.67. The molecule has 0 atom stereocenters. The fourth-order valence-corrected chi connectivity index (χ4v) is 1.87. The average Bonchev–Trinajstić information content (AvgIpc) is 2.47. The van der Waals surface area contributed by atoms with E-state index in [0.717, 1.165) is 5.56 Å². The van der Waals surface area contributed by atoms with Crippen LogP contribution in [0.1, 0.15) is 5.56 Å². The first-order chi connectivity index (χ1) is 10.1. The molecule has 1 aromatic carbocycles. The number of ether oxygens (including phenoxy) is 1. The molecule has 0 amide bonds. The van der Waals surface area contributed by atoms with Gasteiger partial charge in [0.25, 0.3) is 0 Å². The van der Waals surface area contributed by atoms with Gasteiger partial charge >= 0.3 is 5.69 Å². The molecule has 0 fully saturated rings. The number of hydrogen-bond acceptors (Lipinski definition) is 6. The van der Waals surface area contributed by atoms with E-state index in [1.54, 1.807) is 20.2 Å². The number of nitrogens with one attached hydrogen (secondary N) is 2. The van der Waals surface area contributed by atoms with Crippen molar-refractivity contribution in [2.45, 2.75) is 6.61 Å². The monoisotopic (exact) mass is 288 g/mol. The van der Waals surface area contributed by atoms with Crippen molar-refractivity contribution in [3.05, 3.63) is 52.1 Å². The predicted octanol–water partition coefficient (Wildman–Crippen LogP) is 2.92. The fourth-order valence-electron chi connectivity index (χ4n) is 1.87. The summed E-state index contributed by atoms with van der Waals surface area (Å²) in [6.45, 7) is 0.474. The van der Waals surface area contributed by atoms with Crippen LogP contribution in [0.4, 0.5) is 23.0 Å². The van der Waals surface area contributed by atoms with Crippen molar-refractivity contribution in [3.8, 4) is 0 Å². The van der Waals surface area contributed by atoms with Gasteiger partial charge < -0.3 is 15.4 Å². The van der Waals surface area contributed by atoms with Crippen LogP contribution in [0.25, 0.3) is 0 Å². The van der Waals surface area contributed by atoms with Crippen molar-refractivity contribution in [1.29, 1.82) is 0 Å². The third-order valence-electron chi connectivity index (χ3n) is 2.83. The normalized spacial score (nSPS) is 10.2. The zero-order valence-corrected chi connectivity index (χ0v) is 11.8. The summed E-state index contributed by atoms with van der Waals surface area (Å²) in [4.78, 5) is 14.8. The Kier molecular flexibility index (Phi) is 4.68. The summed E-state index contributed by atoms with van der Waals surface area (Å²) < 4.78 is 5.07. The van der Waals surface area contributed by atoms with Crippen LogP contribution in [0.5, 0.6) is 0 Å². The van der Waals surface area contributed by atoms with Crippen molar-refractivity contribution in [1.82, 2.24) is 4.98 Å². The number of aromatic nitrogens is 1. The maximum Gasteiger partial charge on any atom is 0.311 e. The SMILES string of the molecule is CNc1ccc([N+](=O)[O-])c(Nc2cccc(COC)c2)n1. The fraction of sp³-hybridized carbons (Fsp3) is 0.214. The van der Waals surface area contributed by atoms with Gasteiger partial charge in [0.05, 0.1) is 11.5 Å². The summed E-state index contributed by atoms with van der Waals surface area (Å²) in [6.07, 6.45) is 0. The Bertz CT molecular complexity index is 646. The Morgan fingerprint density at radius 2 is 2.14 bits per heavy atom. The molecule has 0 spiro atoms. The third kappa shape index (κ3) is 3.67. The van der Waals surface area contributed by atoms with E-state index >= 15 is 0 Å². The first kappa shape index (κ1) is 14.7. The second-order valence-electron chi connectivity index (χ2n) is 4.33. The lowest BCUT2D eigenvalue weighted by molar-refractivity contribution is -0.384. The van der Waals surface area contributed by atoms with Gasteiger partial charge in [0, 0.05) is 25.9 Å². The number of pyridine rings is 1. The third-order valence-corrected chi connectivity index (χ3v) is 2.83. The highest BCUT2D eigenvalue weighted by atomic mass is 16.6. The summed E-state index contributed by atoms with van der Waals surface area (Å²) in [6, 6.07) is 10.4. The largest absolute Gasteiger partial charge is 0.380 e. The Morgan fingerprint density at radius 1 is 1.33 bits per heavy atom. The van der Waals surface area contributed by atoms with Crippen molar-refractivity contribution >= 4 is 23.0 Å². The quantitative estimate of drug-likeness (QED) is 0.627. The molecule has 2 aromatic rings. The van der Waals surface area contributed by atoms with Crippen LogP contribution in [0.3, 0.4) is 0 Å². The maximum atomic E-state index is 11.1. The molecular weight excluding hydrogens is 272 g/mol. The van der Waals surface area contributed by atoms with Crippen molar-refractivity contribution in [3.63, 3.8) is 0 Å². The minimum atomic E-state index is -0.465. The molecule has 110 valence electrons. The summed E-state index contributed by atoms with van der Waals surface area (Å²) in [5, 5.41) is 16.9. The van der Waals surface area contributed by atoms with Crippen molar-refractivity contribution < 1.29 is 9.66 Å². The standard InChI is InChI=1S/C14H16N4O3/c1-15-13-7-6-12(18(19)20)14(17-13)16-11-5-3-4-10(8-11)9-21-2/h3-8H,9H2,1-2H3,(H2,15,16,17). The molecular formula is C14H16N4O3. The van der Waals surface area contributed by atoms with Gasteiger partial charge in [0.1, 0.15) is 5.82 Å². The first-order valence-electron chi connectivity index (χ1n) is 6.32. The highest BCUT2D eigenvalue weighted by molar-refractivity contribution is 5.67. The Labute approximate surface area is 122 Å². The van der Waals surface area contributed by atoms with Crippen LogP contribution in [0, 0.1) is 10.1 Å². The summed E-state index contributed by atoms with van der Waals surface area (Å²) in [7, 11) is 3.32. The van der Waals surface area contributed by atoms with Crippen LogP contribution in [-0.4, -0.2) is 24.1 Å². The average molecular weight is 288 g/mol. The molecule has 0 bridgehead atoms. The highest BCUT2D eigenvalue weighted by Gasteiger charge is 2.16. The molecule has 0 saturated heterocycles. The number of methoxy groups -OCH3 is 1. The van der Waals surface area contributed by atoms with E-state index in [1.165, 1.54) is 6.07 Å². The van der Waals surface area contributed by atoms with Gasteiger partial charge in [-0.25, -0.2) is 4.98 Å². The maximum absolute atomic E-state index is 11.1. The zero-order valence-electron chi connectivity index (χ0n) is 11.8. The van der Waals surface area contributed by atoms with E-state index in [2.05, 4.69) is 15.6 Å². The Hall–Kier alpha value is -2.67. The van der Waals surface area contributed by atoms with Crippen molar-refractivity contribution in [2.75, 3.05) is 24.8 Å². The zero-order chi connectivity index (χ0) is 15.2. The highest BCUT2D eigenvalue weighted by Crippen LogP contribution is 2.27. The first-order valence-corrected chi connectivity index (χ1v) is 6.32. The lowest BCUT2D eigenvalue weighted by atomic mass is 10.2. The molecule has 0 radical (unpaired) electrons. The number of benzene rings is 1. The minimum Gasteiger partial charge on any atom is -0.380 e. The van der Waals surface area contributed by atoms with E-state index in [4.69, 9.17) is 4.74 Å². The molecule has 21 heavy (non-hydrogen) atoms. The number of nitro groups is 1. The van der Waals surface area contributed by atoms with Gasteiger partial charge in [-0.2, -0.15) is 0 Å². The van der Waals surface area contributed by atoms with E-state index < -0.39 is 4.92 Å². The van der Waals surface area contributed by atoms with Gasteiger partial charge in [-0.3, -0.25) is 10.1 Å². The molecule has 2 rings (SSSR count). The molecule has 0 aliphatic carbocycles. The second-order valence-corrected chi connectivity index (χ2v) is 4.33. The molecule has 2 N–H and O–H groups in total. The molecule has 0 unspecified atom stereocenters. The summed E-state index contributed by atoms with van der Waals surface area (Å²) >= 11 is 0. The topological polar surface area (TPSA) is 89.3 Å². The van der Waals surface area contributed by atoms with Crippen LogP contribution < -0.4 is 10.6 Å². The van der Waals surface area contributed by atoms with Gasteiger partial charge in [-0.15, -0.1) is 0 Å². The molecule has 0 aliphatic heterocycles. The number of rotatable bonds is 6. The van der Waals surface area contributed by atoms with Crippen LogP contribution in [-0.2, 0) is 11.3 Å².